The van der Waals surface area contributed by atoms with Crippen LogP contribution in [0.5, 0.6) is 0 Å². The van der Waals surface area contributed by atoms with E-state index in [4.69, 9.17) is 16.3 Å². The smallest absolute Gasteiger partial charge is 0.410 e. The van der Waals surface area contributed by atoms with Crippen LogP contribution < -0.4 is 4.90 Å². The molecule has 0 saturated carbocycles. The van der Waals surface area contributed by atoms with Gasteiger partial charge in [-0.1, -0.05) is 11.6 Å². The summed E-state index contributed by atoms with van der Waals surface area (Å²) in [5, 5.41) is -0.0835. The molecule has 150 valence electrons. The molecule has 2 bridgehead atoms. The number of hydrogen-bond donors (Lipinski definition) is 0. The zero-order chi connectivity index (χ0) is 20.2. The first kappa shape index (κ1) is 19.0. The second-order valence-electron chi connectivity index (χ2n) is 8.12. The molecule has 2 aliphatic rings. The first-order valence-corrected chi connectivity index (χ1v) is 9.45. The molecule has 2 atom stereocenters. The molecule has 2 aliphatic heterocycles. The molecule has 0 aromatic carbocycles. The molecule has 2 fully saturated rings. The van der Waals surface area contributed by atoms with Crippen LogP contribution in [0.3, 0.4) is 0 Å². The van der Waals surface area contributed by atoms with Crippen molar-refractivity contribution in [2.45, 2.75) is 51.3 Å². The van der Waals surface area contributed by atoms with E-state index in [9.17, 15) is 13.6 Å². The normalized spacial score (nSPS) is 22.1. The number of fused-ring (bicyclic) bond motifs is 3. The van der Waals surface area contributed by atoms with Crippen molar-refractivity contribution in [2.24, 2.45) is 0 Å². The molecular formula is C18H20ClF2N5O2. The van der Waals surface area contributed by atoms with Crippen molar-refractivity contribution in [3.63, 3.8) is 0 Å². The molecule has 0 aliphatic carbocycles. The van der Waals surface area contributed by atoms with Crippen molar-refractivity contribution < 1.29 is 18.3 Å². The third-order valence-electron chi connectivity index (χ3n) is 4.98. The van der Waals surface area contributed by atoms with Gasteiger partial charge in [-0.2, -0.15) is 14.4 Å². The molecule has 7 nitrogen and oxygen atoms in total. The summed E-state index contributed by atoms with van der Waals surface area (Å²) >= 11 is 5.70. The van der Waals surface area contributed by atoms with Gasteiger partial charge in [0.25, 0.3) is 0 Å². The van der Waals surface area contributed by atoms with Crippen molar-refractivity contribution in [1.82, 2.24) is 19.9 Å². The van der Waals surface area contributed by atoms with E-state index < -0.39 is 17.5 Å². The predicted molar refractivity (Wildman–Crippen MR) is 99.4 cm³/mol. The van der Waals surface area contributed by atoms with E-state index in [1.54, 1.807) is 4.90 Å². The SMILES string of the molecule is CC(C)(C)OC(=O)N1C2CCC1CN(c1nc(F)nc3c(F)c(Cl)ncc13)C2. The van der Waals surface area contributed by atoms with Gasteiger partial charge in [0, 0.05) is 19.3 Å². The maximum atomic E-state index is 14.3. The van der Waals surface area contributed by atoms with Crippen LogP contribution in [0, 0.1) is 11.9 Å². The van der Waals surface area contributed by atoms with Crippen LogP contribution in [0.1, 0.15) is 33.6 Å². The van der Waals surface area contributed by atoms with Crippen molar-refractivity contribution in [2.75, 3.05) is 18.0 Å². The van der Waals surface area contributed by atoms with Crippen LogP contribution in [-0.4, -0.2) is 56.7 Å². The number of ether oxygens (including phenoxy) is 1. The lowest BCUT2D eigenvalue weighted by atomic mass is 10.1. The van der Waals surface area contributed by atoms with Crippen molar-refractivity contribution in [3.8, 4) is 0 Å². The highest BCUT2D eigenvalue weighted by Gasteiger charge is 2.45. The Hall–Kier alpha value is -2.29. The van der Waals surface area contributed by atoms with E-state index in [-0.39, 0.29) is 40.1 Å². The van der Waals surface area contributed by atoms with Gasteiger partial charge >= 0.3 is 12.2 Å². The highest BCUT2D eigenvalue weighted by molar-refractivity contribution is 6.30. The zero-order valence-electron chi connectivity index (χ0n) is 15.7. The summed E-state index contributed by atoms with van der Waals surface area (Å²) in [5.74, 6) is -0.622. The standard InChI is InChI=1S/C18H20ClF2N5O2/c1-18(2,3)28-17(27)26-9-4-5-10(26)8-25(7-9)15-11-6-22-14(19)12(20)13(11)23-16(21)24-15/h6,9-10H,4-5,7-8H2,1-3H3. The fourth-order valence-electron chi connectivity index (χ4n) is 3.92. The fraction of sp³-hybridized carbons (Fsp3) is 0.556. The van der Waals surface area contributed by atoms with E-state index >= 15 is 0 Å². The number of amides is 1. The van der Waals surface area contributed by atoms with Gasteiger partial charge < -0.3 is 9.64 Å². The van der Waals surface area contributed by atoms with Gasteiger partial charge in [0.15, 0.2) is 11.0 Å². The Morgan fingerprint density at radius 1 is 1.21 bits per heavy atom. The summed E-state index contributed by atoms with van der Waals surface area (Å²) in [6.45, 7) is 6.35. The molecule has 2 saturated heterocycles. The number of carbonyl (C=O) groups excluding carboxylic acids is 1. The quantitative estimate of drug-likeness (QED) is 0.528. The number of anilines is 1. The molecule has 0 radical (unpaired) electrons. The van der Waals surface area contributed by atoms with Crippen LogP contribution in [0.4, 0.5) is 19.4 Å². The molecule has 2 aromatic rings. The number of aromatic nitrogens is 3. The molecule has 28 heavy (non-hydrogen) atoms. The lowest BCUT2D eigenvalue weighted by Gasteiger charge is -2.42. The molecule has 0 N–H and O–H groups in total. The topological polar surface area (TPSA) is 71.5 Å². The Morgan fingerprint density at radius 2 is 1.86 bits per heavy atom. The third-order valence-corrected chi connectivity index (χ3v) is 5.24. The highest BCUT2D eigenvalue weighted by atomic mass is 35.5. The van der Waals surface area contributed by atoms with Gasteiger partial charge in [0.2, 0.25) is 0 Å². The Balaban J connectivity index is 1.65. The summed E-state index contributed by atoms with van der Waals surface area (Å²) in [6, 6.07) is -0.182. The minimum atomic E-state index is -1.04. The molecule has 4 heterocycles. The number of rotatable bonds is 1. The van der Waals surface area contributed by atoms with E-state index in [2.05, 4.69) is 15.0 Å². The lowest BCUT2D eigenvalue weighted by molar-refractivity contribution is 0.0123. The van der Waals surface area contributed by atoms with Crippen LogP contribution in [0.2, 0.25) is 5.15 Å². The van der Waals surface area contributed by atoms with Gasteiger partial charge in [0.1, 0.15) is 16.9 Å². The maximum Gasteiger partial charge on any atom is 0.410 e. The molecule has 0 spiro atoms. The van der Waals surface area contributed by atoms with Gasteiger partial charge in [-0.05, 0) is 33.6 Å². The first-order chi connectivity index (χ1) is 13.1. The summed E-state index contributed by atoms with van der Waals surface area (Å²) < 4.78 is 33.8. The largest absolute Gasteiger partial charge is 0.444 e. The monoisotopic (exact) mass is 411 g/mol. The molecular weight excluding hydrogens is 392 g/mol. The van der Waals surface area contributed by atoms with Gasteiger partial charge in [-0.25, -0.2) is 14.2 Å². The summed E-state index contributed by atoms with van der Waals surface area (Å²) in [4.78, 5) is 27.4. The molecule has 4 rings (SSSR count). The lowest BCUT2D eigenvalue weighted by Crippen LogP contribution is -2.57. The van der Waals surface area contributed by atoms with Crippen LogP contribution >= 0.6 is 11.6 Å². The number of halogens is 3. The number of hydrogen-bond acceptors (Lipinski definition) is 6. The van der Waals surface area contributed by atoms with E-state index in [0.29, 0.717) is 13.1 Å². The van der Waals surface area contributed by atoms with Gasteiger partial charge in [-0.15, -0.1) is 0 Å². The average molecular weight is 412 g/mol. The number of piperazine rings is 1. The van der Waals surface area contributed by atoms with Gasteiger partial charge in [-0.3, -0.25) is 4.90 Å². The Kier molecular flexibility index (Phi) is 4.52. The van der Waals surface area contributed by atoms with Crippen molar-refractivity contribution in [1.29, 1.82) is 0 Å². The van der Waals surface area contributed by atoms with Crippen molar-refractivity contribution >= 4 is 34.4 Å². The molecule has 2 aromatic heterocycles. The number of carbonyl (C=O) groups is 1. The summed E-state index contributed by atoms with van der Waals surface area (Å²) in [5.41, 5.74) is -0.785. The second kappa shape index (κ2) is 6.65. The minimum Gasteiger partial charge on any atom is -0.444 e. The zero-order valence-corrected chi connectivity index (χ0v) is 16.5. The van der Waals surface area contributed by atoms with Crippen LogP contribution in [0.25, 0.3) is 10.9 Å². The van der Waals surface area contributed by atoms with E-state index in [1.165, 1.54) is 6.20 Å². The summed E-state index contributed by atoms with van der Waals surface area (Å²) in [7, 11) is 0. The van der Waals surface area contributed by atoms with Crippen LogP contribution in [0.15, 0.2) is 6.20 Å². The van der Waals surface area contributed by atoms with E-state index in [0.717, 1.165) is 12.8 Å². The van der Waals surface area contributed by atoms with Gasteiger partial charge in [0.05, 0.1) is 17.5 Å². The Morgan fingerprint density at radius 3 is 2.46 bits per heavy atom. The van der Waals surface area contributed by atoms with Crippen molar-refractivity contribution in [3.05, 3.63) is 23.2 Å². The molecule has 1 amide bonds. The third kappa shape index (κ3) is 3.32. The fourth-order valence-corrected chi connectivity index (χ4v) is 4.06. The Labute approximate surface area is 165 Å². The second-order valence-corrected chi connectivity index (χ2v) is 8.48. The van der Waals surface area contributed by atoms with Crippen LogP contribution in [-0.2, 0) is 4.74 Å². The number of pyridine rings is 1. The maximum absolute atomic E-state index is 14.3. The highest BCUT2D eigenvalue weighted by Crippen LogP contribution is 2.36. The molecule has 2 unspecified atom stereocenters. The average Bonchev–Trinajstić information content (AvgIpc) is 2.87. The Bertz CT molecular complexity index is 938. The summed E-state index contributed by atoms with van der Waals surface area (Å²) in [6.07, 6.45) is 1.58. The first-order valence-electron chi connectivity index (χ1n) is 9.07. The van der Waals surface area contributed by atoms with E-state index in [1.807, 2.05) is 25.7 Å². The molecule has 10 heteroatoms. The minimum absolute atomic E-state index is 0.0909. The number of nitrogens with zero attached hydrogens (tertiary/aromatic N) is 5. The predicted octanol–water partition coefficient (Wildman–Crippen LogP) is 3.54.